The fourth-order valence-electron chi connectivity index (χ4n) is 3.14. The van der Waals surface area contributed by atoms with Crippen LogP contribution in [-0.2, 0) is 19.4 Å². The number of carbonyl (C=O) groups excluding carboxylic acids is 1. The quantitative estimate of drug-likeness (QED) is 0.416. The lowest BCUT2D eigenvalue weighted by Gasteiger charge is -2.26. The van der Waals surface area contributed by atoms with E-state index >= 15 is 0 Å². The van der Waals surface area contributed by atoms with Gasteiger partial charge in [-0.1, -0.05) is 18.2 Å². The summed E-state index contributed by atoms with van der Waals surface area (Å²) in [6.45, 7) is 3.68. The van der Waals surface area contributed by atoms with Crippen molar-refractivity contribution in [1.29, 1.82) is 0 Å². The van der Waals surface area contributed by atoms with E-state index in [-0.39, 0.29) is 23.0 Å². The molecule has 0 radical (unpaired) electrons. The lowest BCUT2D eigenvalue weighted by molar-refractivity contribution is -0.121. The van der Waals surface area contributed by atoms with Crippen molar-refractivity contribution in [3.63, 3.8) is 0 Å². The van der Waals surface area contributed by atoms with Crippen LogP contribution in [0.15, 0.2) is 59.5 Å². The van der Waals surface area contributed by atoms with Crippen LogP contribution in [0.25, 0.3) is 0 Å². The maximum atomic E-state index is 12.6. The molecular formula is C22H28N2O5S2. The Balaban J connectivity index is 1.43. The molecule has 1 fully saturated rings. The minimum Gasteiger partial charge on any atom is -0.457 e. The Hall–Kier alpha value is -2.07. The summed E-state index contributed by atoms with van der Waals surface area (Å²) in [7, 11) is -3.49. The average molecular weight is 465 g/mol. The number of nitrogens with one attached hydrogen (secondary N) is 1. The Kier molecular flexibility index (Phi) is 8.77. The maximum absolute atomic E-state index is 12.6. The molecule has 1 saturated heterocycles. The van der Waals surface area contributed by atoms with Gasteiger partial charge in [0.25, 0.3) is 0 Å². The van der Waals surface area contributed by atoms with Crippen molar-refractivity contribution in [2.45, 2.75) is 23.1 Å². The van der Waals surface area contributed by atoms with E-state index in [9.17, 15) is 13.2 Å². The Morgan fingerprint density at radius 3 is 2.39 bits per heavy atom. The number of morpholine rings is 1. The number of amides is 1. The van der Waals surface area contributed by atoms with Crippen LogP contribution in [0.1, 0.15) is 12.8 Å². The van der Waals surface area contributed by atoms with Crippen LogP contribution in [0.4, 0.5) is 0 Å². The SMILES string of the molecule is O=C(CCN1CCOCC1)NC(S)CCS(=O)(=O)c1ccc(Oc2ccccc2)cc1. The molecule has 0 aliphatic carbocycles. The second-order valence-electron chi connectivity index (χ2n) is 7.28. The number of benzene rings is 2. The fourth-order valence-corrected chi connectivity index (χ4v) is 4.92. The Bertz CT molecular complexity index is 930. The van der Waals surface area contributed by atoms with E-state index in [2.05, 4.69) is 22.8 Å². The third-order valence-corrected chi connectivity index (χ3v) is 7.06. The standard InChI is InChI=1S/C22H28N2O5S2/c25-21(10-12-24-13-15-28-16-14-24)23-22(30)11-17-31(26,27)20-8-6-19(7-9-20)29-18-4-2-1-3-5-18/h1-9,22,30H,10-17H2,(H,23,25). The molecule has 1 aliphatic heterocycles. The summed E-state index contributed by atoms with van der Waals surface area (Å²) in [6.07, 6.45) is 0.573. The number of hydrogen-bond acceptors (Lipinski definition) is 7. The molecular weight excluding hydrogens is 436 g/mol. The summed E-state index contributed by atoms with van der Waals surface area (Å²) < 4.78 is 36.2. The molecule has 1 unspecified atom stereocenters. The van der Waals surface area contributed by atoms with Crippen LogP contribution in [0, 0.1) is 0 Å². The van der Waals surface area contributed by atoms with Gasteiger partial charge in [-0.3, -0.25) is 9.69 Å². The Labute approximate surface area is 189 Å². The van der Waals surface area contributed by atoms with Gasteiger partial charge in [-0.2, -0.15) is 12.6 Å². The first-order valence-corrected chi connectivity index (χ1v) is 12.4. The summed E-state index contributed by atoms with van der Waals surface area (Å²) in [5.41, 5.74) is 0. The summed E-state index contributed by atoms with van der Waals surface area (Å²) in [6, 6.07) is 15.6. The number of sulfone groups is 1. The molecule has 7 nitrogen and oxygen atoms in total. The van der Waals surface area contributed by atoms with Crippen molar-refractivity contribution in [1.82, 2.24) is 10.2 Å². The summed E-state index contributed by atoms with van der Waals surface area (Å²) >= 11 is 4.34. The number of carbonyl (C=O) groups is 1. The predicted octanol–water partition coefficient (Wildman–Crippen LogP) is 2.74. The van der Waals surface area contributed by atoms with Crippen molar-refractivity contribution < 1.29 is 22.7 Å². The first-order valence-electron chi connectivity index (χ1n) is 10.3. The molecule has 168 valence electrons. The van der Waals surface area contributed by atoms with Gasteiger partial charge in [0.15, 0.2) is 9.84 Å². The zero-order valence-electron chi connectivity index (χ0n) is 17.3. The van der Waals surface area contributed by atoms with Crippen LogP contribution in [0.3, 0.4) is 0 Å². The minimum absolute atomic E-state index is 0.107. The molecule has 0 spiro atoms. The van der Waals surface area contributed by atoms with Gasteiger partial charge in [0, 0.05) is 26.1 Å². The molecule has 2 aromatic carbocycles. The molecule has 3 rings (SSSR count). The van der Waals surface area contributed by atoms with E-state index < -0.39 is 15.2 Å². The number of hydrogen-bond donors (Lipinski definition) is 2. The highest BCUT2D eigenvalue weighted by atomic mass is 32.2. The highest BCUT2D eigenvalue weighted by molar-refractivity contribution is 7.91. The van der Waals surface area contributed by atoms with Gasteiger partial charge in [-0.15, -0.1) is 0 Å². The van der Waals surface area contributed by atoms with Gasteiger partial charge in [-0.25, -0.2) is 8.42 Å². The van der Waals surface area contributed by atoms with Gasteiger partial charge < -0.3 is 14.8 Å². The predicted molar refractivity (Wildman–Crippen MR) is 122 cm³/mol. The Morgan fingerprint density at radius 1 is 1.06 bits per heavy atom. The van der Waals surface area contributed by atoms with Crippen molar-refractivity contribution in [2.24, 2.45) is 0 Å². The van der Waals surface area contributed by atoms with Gasteiger partial charge in [0.2, 0.25) is 5.91 Å². The zero-order valence-corrected chi connectivity index (χ0v) is 19.0. The number of rotatable bonds is 10. The topological polar surface area (TPSA) is 84.9 Å². The summed E-state index contributed by atoms with van der Waals surface area (Å²) in [4.78, 5) is 14.5. The van der Waals surface area contributed by atoms with E-state index in [1.807, 2.05) is 30.3 Å². The smallest absolute Gasteiger partial charge is 0.222 e. The van der Waals surface area contributed by atoms with E-state index in [1.54, 1.807) is 12.1 Å². The lowest BCUT2D eigenvalue weighted by atomic mass is 10.3. The van der Waals surface area contributed by atoms with Crippen molar-refractivity contribution in [3.05, 3.63) is 54.6 Å². The van der Waals surface area contributed by atoms with E-state index in [1.165, 1.54) is 12.1 Å². The molecule has 0 bridgehead atoms. The highest BCUT2D eigenvalue weighted by Crippen LogP contribution is 2.23. The molecule has 1 amide bonds. The third-order valence-electron chi connectivity index (χ3n) is 4.91. The van der Waals surface area contributed by atoms with Crippen LogP contribution in [0.5, 0.6) is 11.5 Å². The molecule has 2 aromatic rings. The molecule has 1 N–H and O–H groups in total. The maximum Gasteiger partial charge on any atom is 0.222 e. The summed E-state index contributed by atoms with van der Waals surface area (Å²) in [5, 5.41) is 2.24. The van der Waals surface area contributed by atoms with Crippen molar-refractivity contribution >= 4 is 28.4 Å². The number of para-hydroxylation sites is 1. The third kappa shape index (κ3) is 7.84. The minimum atomic E-state index is -3.49. The van der Waals surface area contributed by atoms with Crippen LogP contribution >= 0.6 is 12.6 Å². The van der Waals surface area contributed by atoms with Crippen LogP contribution in [-0.4, -0.2) is 63.2 Å². The molecule has 0 saturated carbocycles. The van der Waals surface area contributed by atoms with Gasteiger partial charge in [-0.05, 0) is 42.8 Å². The first-order chi connectivity index (χ1) is 14.9. The molecule has 1 heterocycles. The molecule has 0 aromatic heterocycles. The van der Waals surface area contributed by atoms with Crippen molar-refractivity contribution in [3.8, 4) is 11.5 Å². The second-order valence-corrected chi connectivity index (χ2v) is 10.0. The molecule has 31 heavy (non-hydrogen) atoms. The molecule has 9 heteroatoms. The first kappa shape index (κ1) is 23.6. The number of ether oxygens (including phenoxy) is 2. The summed E-state index contributed by atoms with van der Waals surface area (Å²) in [5.74, 6) is 1.00. The number of nitrogens with zero attached hydrogens (tertiary/aromatic N) is 1. The Morgan fingerprint density at radius 2 is 1.71 bits per heavy atom. The molecule has 1 aliphatic rings. The van der Waals surface area contributed by atoms with E-state index in [0.717, 1.165) is 13.1 Å². The highest BCUT2D eigenvalue weighted by Gasteiger charge is 2.18. The second kappa shape index (κ2) is 11.5. The van der Waals surface area contributed by atoms with Crippen LogP contribution < -0.4 is 10.1 Å². The monoisotopic (exact) mass is 464 g/mol. The van der Waals surface area contributed by atoms with Crippen LogP contribution in [0.2, 0.25) is 0 Å². The lowest BCUT2D eigenvalue weighted by Crippen LogP contribution is -2.40. The normalized spacial score (nSPS) is 15.9. The van der Waals surface area contributed by atoms with Crippen molar-refractivity contribution in [2.75, 3.05) is 38.6 Å². The average Bonchev–Trinajstić information content (AvgIpc) is 2.78. The number of thiol groups is 1. The van der Waals surface area contributed by atoms with Gasteiger partial charge >= 0.3 is 0 Å². The van der Waals surface area contributed by atoms with E-state index in [4.69, 9.17) is 9.47 Å². The fraction of sp³-hybridized carbons (Fsp3) is 0.409. The largest absolute Gasteiger partial charge is 0.457 e. The molecule has 1 atom stereocenters. The van der Waals surface area contributed by atoms with Gasteiger partial charge in [0.1, 0.15) is 11.5 Å². The zero-order chi connectivity index (χ0) is 22.1. The van der Waals surface area contributed by atoms with E-state index in [0.29, 0.717) is 37.7 Å². The van der Waals surface area contributed by atoms with Gasteiger partial charge in [0.05, 0.1) is 29.2 Å².